The van der Waals surface area contributed by atoms with Gasteiger partial charge in [0.1, 0.15) is 10.7 Å². The Morgan fingerprint density at radius 2 is 1.94 bits per heavy atom. The molecule has 9 heteroatoms. The molecule has 0 rings (SSSR count). The molecule has 8 nitrogen and oxygen atoms in total. The Hall–Kier alpha value is -2.29. The van der Waals surface area contributed by atoms with Crippen molar-refractivity contribution in [2.24, 2.45) is 16.0 Å². The molecule has 18 heavy (non-hydrogen) atoms. The SMILES string of the molecule is C=C(/C=C\C(=C)[N+](=O)[O-])/N=N/C(=C\N)C[SH](=O)=O. The van der Waals surface area contributed by atoms with Gasteiger partial charge >= 0.3 is 0 Å². The molecule has 0 aromatic heterocycles. The molecule has 0 spiro atoms. The van der Waals surface area contributed by atoms with Crippen LogP contribution >= 0.6 is 0 Å². The van der Waals surface area contributed by atoms with Gasteiger partial charge in [-0.2, -0.15) is 10.2 Å². The van der Waals surface area contributed by atoms with E-state index in [1.165, 1.54) is 6.08 Å². The summed E-state index contributed by atoms with van der Waals surface area (Å²) in [6.07, 6.45) is 3.32. The van der Waals surface area contributed by atoms with Gasteiger partial charge in [-0.15, -0.1) is 0 Å². The van der Waals surface area contributed by atoms with Crippen LogP contribution in [0.15, 0.2) is 58.8 Å². The van der Waals surface area contributed by atoms with Gasteiger partial charge in [-0.1, -0.05) is 6.58 Å². The monoisotopic (exact) mass is 272 g/mol. The predicted octanol–water partition coefficient (Wildman–Crippen LogP) is 0.710. The zero-order chi connectivity index (χ0) is 14.1. The number of allylic oxidation sites excluding steroid dienone is 2. The summed E-state index contributed by atoms with van der Waals surface area (Å²) in [5.41, 5.74) is 4.95. The maximum Gasteiger partial charge on any atom is 0.262 e. The maximum absolute atomic E-state index is 10.4. The van der Waals surface area contributed by atoms with Gasteiger partial charge in [0.05, 0.1) is 22.1 Å². The number of nitrogens with zero attached hydrogens (tertiary/aromatic N) is 3. The minimum absolute atomic E-state index is 0.0498. The fourth-order valence-electron chi connectivity index (χ4n) is 0.665. The molecule has 0 unspecified atom stereocenters. The first kappa shape index (κ1) is 15.7. The second-order valence-corrected chi connectivity index (χ2v) is 3.90. The molecule has 0 aliphatic carbocycles. The molecule has 0 heterocycles. The Kier molecular flexibility index (Phi) is 6.89. The van der Waals surface area contributed by atoms with Crippen molar-refractivity contribution in [1.82, 2.24) is 0 Å². The normalized spacial score (nSPS) is 12.4. The highest BCUT2D eigenvalue weighted by Crippen LogP contribution is 2.04. The van der Waals surface area contributed by atoms with Gasteiger partial charge in [-0.3, -0.25) is 10.1 Å². The van der Waals surface area contributed by atoms with Crippen LogP contribution in [0.3, 0.4) is 0 Å². The van der Waals surface area contributed by atoms with E-state index in [1.54, 1.807) is 0 Å². The first-order valence-electron chi connectivity index (χ1n) is 4.51. The van der Waals surface area contributed by atoms with Crippen LogP contribution in [0.2, 0.25) is 0 Å². The van der Waals surface area contributed by atoms with Crippen molar-refractivity contribution >= 4 is 10.7 Å². The Labute approximate surface area is 105 Å². The molecule has 0 fully saturated rings. The van der Waals surface area contributed by atoms with Crippen LogP contribution in [0.5, 0.6) is 0 Å². The summed E-state index contributed by atoms with van der Waals surface area (Å²) < 4.78 is 20.8. The Bertz CT molecular complexity index is 509. The summed E-state index contributed by atoms with van der Waals surface area (Å²) in [7, 11) is -2.66. The molecule has 2 N–H and O–H groups in total. The minimum Gasteiger partial charge on any atom is -0.403 e. The molecule has 0 aliphatic rings. The van der Waals surface area contributed by atoms with Gasteiger partial charge in [0.15, 0.2) is 0 Å². The lowest BCUT2D eigenvalue weighted by Gasteiger charge is -1.92. The zero-order valence-electron chi connectivity index (χ0n) is 9.35. The van der Waals surface area contributed by atoms with Crippen molar-refractivity contribution in [3.05, 3.63) is 58.7 Å². The first-order valence-corrected chi connectivity index (χ1v) is 5.87. The molecule has 0 amide bonds. The highest BCUT2D eigenvalue weighted by Gasteiger charge is 2.00. The highest BCUT2D eigenvalue weighted by atomic mass is 32.2. The van der Waals surface area contributed by atoms with Gasteiger partial charge in [-0.25, -0.2) is 8.42 Å². The summed E-state index contributed by atoms with van der Waals surface area (Å²) in [6.45, 7) is 6.61. The predicted molar refractivity (Wildman–Crippen MR) is 66.7 cm³/mol. The summed E-state index contributed by atoms with van der Waals surface area (Å²) >= 11 is 0. The molecule has 0 saturated heterocycles. The fourth-order valence-corrected chi connectivity index (χ4v) is 1.10. The standard InChI is InChI=1S/C9H12N4O4S/c1-7(3-4-8(2)13(14)15)11-12-9(5-10)6-18(16)17/h3-5,18H,1-2,6,10H2/b4-3-,9-5-,12-11+. The minimum atomic E-state index is -2.66. The van der Waals surface area contributed by atoms with Crippen molar-refractivity contribution in [3.8, 4) is 0 Å². The number of hydrogen-bond acceptors (Lipinski definition) is 7. The van der Waals surface area contributed by atoms with Crippen LogP contribution in [-0.2, 0) is 10.7 Å². The molecular formula is C9H12N4O4S. The van der Waals surface area contributed by atoms with Crippen molar-refractivity contribution < 1.29 is 13.3 Å². The smallest absolute Gasteiger partial charge is 0.262 e. The van der Waals surface area contributed by atoms with Crippen LogP contribution in [0.1, 0.15) is 0 Å². The maximum atomic E-state index is 10.4. The van der Waals surface area contributed by atoms with Crippen LogP contribution in [-0.4, -0.2) is 19.1 Å². The molecule has 0 atom stereocenters. The first-order chi connectivity index (χ1) is 8.36. The van der Waals surface area contributed by atoms with E-state index in [1.807, 2.05) is 0 Å². The van der Waals surface area contributed by atoms with Gasteiger partial charge in [-0.05, 0) is 12.7 Å². The number of nitrogens with two attached hydrogens (primary N) is 1. The van der Waals surface area contributed by atoms with Crippen LogP contribution in [0.4, 0.5) is 0 Å². The Morgan fingerprint density at radius 3 is 2.39 bits per heavy atom. The average molecular weight is 272 g/mol. The number of azo groups is 1. The Balaban J connectivity index is 4.57. The van der Waals surface area contributed by atoms with Gasteiger partial charge in [0, 0.05) is 12.3 Å². The summed E-state index contributed by atoms with van der Waals surface area (Å²) in [4.78, 5) is 9.55. The molecule has 0 aromatic carbocycles. The van der Waals surface area contributed by atoms with Gasteiger partial charge in [0.2, 0.25) is 0 Å². The summed E-state index contributed by atoms with van der Waals surface area (Å²) in [5, 5.41) is 17.3. The lowest BCUT2D eigenvalue weighted by atomic mass is 10.4. The van der Waals surface area contributed by atoms with Crippen LogP contribution in [0, 0.1) is 10.1 Å². The van der Waals surface area contributed by atoms with E-state index in [0.717, 1.165) is 12.3 Å². The second-order valence-electron chi connectivity index (χ2n) is 2.92. The molecular weight excluding hydrogens is 260 g/mol. The van der Waals surface area contributed by atoms with E-state index >= 15 is 0 Å². The lowest BCUT2D eigenvalue weighted by Crippen LogP contribution is -1.94. The third kappa shape index (κ3) is 7.06. The second kappa shape index (κ2) is 7.90. The van der Waals surface area contributed by atoms with Crippen molar-refractivity contribution in [2.45, 2.75) is 0 Å². The Morgan fingerprint density at radius 1 is 1.33 bits per heavy atom. The number of hydrogen-bond donors (Lipinski definition) is 2. The van der Waals surface area contributed by atoms with Gasteiger partial charge in [0.25, 0.3) is 5.70 Å². The number of thiol groups is 1. The topological polar surface area (TPSA) is 128 Å². The molecule has 0 saturated carbocycles. The summed E-state index contributed by atoms with van der Waals surface area (Å²) in [5.74, 6) is -0.339. The molecule has 98 valence electrons. The molecule has 0 bridgehead atoms. The quantitative estimate of drug-likeness (QED) is 0.232. The molecule has 0 aromatic rings. The zero-order valence-corrected chi connectivity index (χ0v) is 10.2. The molecule has 0 aliphatic heterocycles. The summed E-state index contributed by atoms with van der Waals surface area (Å²) in [6, 6.07) is 0. The van der Waals surface area contributed by atoms with Crippen molar-refractivity contribution in [3.63, 3.8) is 0 Å². The lowest BCUT2D eigenvalue weighted by molar-refractivity contribution is -0.418. The van der Waals surface area contributed by atoms with E-state index in [-0.39, 0.29) is 22.8 Å². The van der Waals surface area contributed by atoms with Crippen molar-refractivity contribution in [1.29, 1.82) is 0 Å². The van der Waals surface area contributed by atoms with E-state index in [2.05, 4.69) is 23.4 Å². The van der Waals surface area contributed by atoms with Crippen LogP contribution < -0.4 is 5.73 Å². The number of rotatable bonds is 7. The van der Waals surface area contributed by atoms with E-state index in [4.69, 9.17) is 5.73 Å². The van der Waals surface area contributed by atoms with Crippen LogP contribution in [0.25, 0.3) is 0 Å². The number of nitro groups is 1. The fraction of sp³-hybridized carbons (Fsp3) is 0.111. The third-order valence-electron chi connectivity index (χ3n) is 1.49. The van der Waals surface area contributed by atoms with E-state index < -0.39 is 15.6 Å². The molecule has 0 radical (unpaired) electrons. The van der Waals surface area contributed by atoms with E-state index in [0.29, 0.717) is 0 Å². The average Bonchev–Trinajstić information content (AvgIpc) is 2.30. The highest BCUT2D eigenvalue weighted by molar-refractivity contribution is 7.72. The van der Waals surface area contributed by atoms with Crippen molar-refractivity contribution in [2.75, 3.05) is 5.75 Å². The van der Waals surface area contributed by atoms with Gasteiger partial charge < -0.3 is 5.73 Å². The third-order valence-corrected chi connectivity index (χ3v) is 2.08. The van der Waals surface area contributed by atoms with E-state index in [9.17, 15) is 18.5 Å². The largest absolute Gasteiger partial charge is 0.403 e.